The molecule has 68 valence electrons. The van der Waals surface area contributed by atoms with Gasteiger partial charge in [-0.3, -0.25) is 0 Å². The van der Waals surface area contributed by atoms with Crippen LogP contribution in [0.1, 0.15) is 11.4 Å². The van der Waals surface area contributed by atoms with Gasteiger partial charge in [-0.05, 0) is 6.92 Å². The number of ether oxygens (including phenoxy) is 1. The molecule has 0 radical (unpaired) electrons. The molecular formula is C8H10N4O. The molecule has 2 N–H and O–H groups in total. The van der Waals surface area contributed by atoms with Crippen molar-refractivity contribution >= 4 is 0 Å². The highest BCUT2D eigenvalue weighted by atomic mass is 16.5. The van der Waals surface area contributed by atoms with Gasteiger partial charge < -0.3 is 10.5 Å². The van der Waals surface area contributed by atoms with Crippen molar-refractivity contribution in [3.8, 4) is 11.9 Å². The smallest absolute Gasteiger partial charge is 0.235 e. The molecule has 0 aliphatic rings. The van der Waals surface area contributed by atoms with Crippen LogP contribution in [0.2, 0.25) is 0 Å². The lowest BCUT2D eigenvalue weighted by Crippen LogP contribution is -2.12. The topological polar surface area (TPSA) is 84.8 Å². The summed E-state index contributed by atoms with van der Waals surface area (Å²) in [6.45, 7) is 2.48. The van der Waals surface area contributed by atoms with Crippen LogP contribution in [0.3, 0.4) is 0 Å². The summed E-state index contributed by atoms with van der Waals surface area (Å²) in [7, 11) is 0. The number of aryl methyl sites for hydroxylation is 1. The van der Waals surface area contributed by atoms with Crippen molar-refractivity contribution in [3.05, 3.63) is 17.6 Å². The van der Waals surface area contributed by atoms with Crippen LogP contribution in [0, 0.1) is 18.3 Å². The number of hydrogen-bond acceptors (Lipinski definition) is 5. The van der Waals surface area contributed by atoms with Crippen LogP contribution in [0.4, 0.5) is 0 Å². The van der Waals surface area contributed by atoms with E-state index in [0.717, 1.165) is 0 Å². The van der Waals surface area contributed by atoms with Crippen molar-refractivity contribution in [3.63, 3.8) is 0 Å². The van der Waals surface area contributed by atoms with E-state index in [1.807, 2.05) is 6.07 Å². The zero-order valence-corrected chi connectivity index (χ0v) is 7.32. The maximum Gasteiger partial charge on any atom is 0.235 e. The fraction of sp³-hybridized carbons (Fsp3) is 0.375. The van der Waals surface area contributed by atoms with Crippen molar-refractivity contribution in [1.82, 2.24) is 9.97 Å². The van der Waals surface area contributed by atoms with Gasteiger partial charge in [-0.2, -0.15) is 10.2 Å². The molecule has 1 aromatic rings. The van der Waals surface area contributed by atoms with E-state index in [9.17, 15) is 0 Å². The van der Waals surface area contributed by atoms with E-state index in [1.54, 1.807) is 6.92 Å². The van der Waals surface area contributed by atoms with Gasteiger partial charge in [0.1, 0.15) is 24.1 Å². The third kappa shape index (κ3) is 2.39. The molecule has 0 bridgehead atoms. The van der Waals surface area contributed by atoms with E-state index < -0.39 is 0 Å². The van der Waals surface area contributed by atoms with Crippen LogP contribution in [-0.2, 0) is 0 Å². The largest absolute Gasteiger partial charge is 0.475 e. The van der Waals surface area contributed by atoms with E-state index >= 15 is 0 Å². The third-order valence-electron chi connectivity index (χ3n) is 1.35. The minimum absolute atomic E-state index is 0.306. The highest BCUT2D eigenvalue weighted by molar-refractivity contribution is 5.35. The van der Waals surface area contributed by atoms with Crippen LogP contribution in [0.15, 0.2) is 6.20 Å². The minimum Gasteiger partial charge on any atom is -0.475 e. The second kappa shape index (κ2) is 4.38. The van der Waals surface area contributed by atoms with Crippen molar-refractivity contribution in [2.75, 3.05) is 13.2 Å². The van der Waals surface area contributed by atoms with Gasteiger partial charge in [0.2, 0.25) is 5.88 Å². The van der Waals surface area contributed by atoms with Crippen LogP contribution in [0.5, 0.6) is 5.88 Å². The van der Waals surface area contributed by atoms with Gasteiger partial charge in [0.25, 0.3) is 0 Å². The van der Waals surface area contributed by atoms with E-state index in [1.165, 1.54) is 6.20 Å². The molecule has 0 fully saturated rings. The second-order valence-corrected chi connectivity index (χ2v) is 2.38. The van der Waals surface area contributed by atoms with Crippen molar-refractivity contribution in [2.24, 2.45) is 5.73 Å². The maximum absolute atomic E-state index is 8.67. The minimum atomic E-state index is 0.306. The number of rotatable bonds is 3. The number of hydrogen-bond donors (Lipinski definition) is 1. The van der Waals surface area contributed by atoms with E-state index in [0.29, 0.717) is 30.4 Å². The molecular weight excluding hydrogens is 168 g/mol. The maximum atomic E-state index is 8.67. The van der Waals surface area contributed by atoms with Crippen LogP contribution in [-0.4, -0.2) is 23.1 Å². The molecule has 0 spiro atoms. The monoisotopic (exact) mass is 178 g/mol. The molecule has 5 nitrogen and oxygen atoms in total. The van der Waals surface area contributed by atoms with E-state index in [4.69, 9.17) is 15.7 Å². The third-order valence-corrected chi connectivity index (χ3v) is 1.35. The molecule has 0 saturated heterocycles. The Balaban J connectivity index is 2.89. The molecule has 0 atom stereocenters. The number of aromatic nitrogens is 2. The Bertz CT molecular complexity index is 331. The Morgan fingerprint density at radius 1 is 1.69 bits per heavy atom. The van der Waals surface area contributed by atoms with Gasteiger partial charge in [0.05, 0.1) is 6.20 Å². The highest BCUT2D eigenvalue weighted by Crippen LogP contribution is 2.12. The van der Waals surface area contributed by atoms with Crippen LogP contribution >= 0.6 is 0 Å². The lowest BCUT2D eigenvalue weighted by molar-refractivity contribution is 0.313. The van der Waals surface area contributed by atoms with E-state index in [2.05, 4.69) is 9.97 Å². The van der Waals surface area contributed by atoms with Gasteiger partial charge in [-0.1, -0.05) is 0 Å². The zero-order chi connectivity index (χ0) is 9.68. The SMILES string of the molecule is Cc1ncc(C#N)c(OCCN)n1. The summed E-state index contributed by atoms with van der Waals surface area (Å²) in [6, 6.07) is 1.94. The summed E-state index contributed by atoms with van der Waals surface area (Å²) in [5, 5.41) is 8.67. The molecule has 0 aromatic carbocycles. The van der Waals surface area contributed by atoms with Gasteiger partial charge in [-0.25, -0.2) is 4.98 Å². The molecule has 0 aliphatic heterocycles. The van der Waals surface area contributed by atoms with Crippen molar-refractivity contribution in [2.45, 2.75) is 6.92 Å². The Hall–Kier alpha value is -1.67. The summed E-state index contributed by atoms with van der Waals surface area (Å²) in [6.07, 6.45) is 1.44. The lowest BCUT2D eigenvalue weighted by Gasteiger charge is -2.04. The standard InChI is InChI=1S/C8H10N4O/c1-6-11-5-7(4-10)8(12-6)13-3-2-9/h5H,2-3,9H2,1H3. The molecule has 1 aromatic heterocycles. The predicted octanol–water partition coefficient (Wildman–Crippen LogP) is -0.00580. The molecule has 13 heavy (non-hydrogen) atoms. The van der Waals surface area contributed by atoms with Gasteiger partial charge in [0.15, 0.2) is 0 Å². The first-order valence-electron chi connectivity index (χ1n) is 3.84. The van der Waals surface area contributed by atoms with E-state index in [-0.39, 0.29) is 0 Å². The van der Waals surface area contributed by atoms with Crippen molar-refractivity contribution in [1.29, 1.82) is 5.26 Å². The summed E-state index contributed by atoms with van der Waals surface area (Å²) in [5.74, 6) is 0.881. The Kier molecular flexibility index (Phi) is 3.17. The molecule has 1 heterocycles. The molecule has 1 rings (SSSR count). The van der Waals surface area contributed by atoms with Crippen LogP contribution < -0.4 is 10.5 Å². The van der Waals surface area contributed by atoms with Gasteiger partial charge in [-0.15, -0.1) is 0 Å². The fourth-order valence-corrected chi connectivity index (χ4v) is 0.792. The zero-order valence-electron chi connectivity index (χ0n) is 7.32. The summed E-state index contributed by atoms with van der Waals surface area (Å²) in [4.78, 5) is 7.84. The van der Waals surface area contributed by atoms with Crippen molar-refractivity contribution < 1.29 is 4.74 Å². The fourth-order valence-electron chi connectivity index (χ4n) is 0.792. The summed E-state index contributed by atoms with van der Waals surface area (Å²) >= 11 is 0. The molecule has 5 heteroatoms. The van der Waals surface area contributed by atoms with Gasteiger partial charge in [0, 0.05) is 6.54 Å². The lowest BCUT2D eigenvalue weighted by atomic mass is 10.3. The second-order valence-electron chi connectivity index (χ2n) is 2.38. The van der Waals surface area contributed by atoms with Gasteiger partial charge >= 0.3 is 0 Å². The molecule has 0 aliphatic carbocycles. The Morgan fingerprint density at radius 3 is 3.08 bits per heavy atom. The first-order valence-corrected chi connectivity index (χ1v) is 3.84. The Morgan fingerprint density at radius 2 is 2.46 bits per heavy atom. The highest BCUT2D eigenvalue weighted by Gasteiger charge is 2.05. The molecule has 0 unspecified atom stereocenters. The molecule has 0 saturated carbocycles. The predicted molar refractivity (Wildman–Crippen MR) is 46.0 cm³/mol. The first-order chi connectivity index (χ1) is 6.27. The summed E-state index contributed by atoms with van der Waals surface area (Å²) < 4.78 is 5.16. The number of nitrogens with two attached hydrogens (primary N) is 1. The number of nitriles is 1. The average Bonchev–Trinajstić information content (AvgIpc) is 2.15. The average molecular weight is 178 g/mol. The Labute approximate surface area is 76.2 Å². The quantitative estimate of drug-likeness (QED) is 0.703. The summed E-state index contributed by atoms with van der Waals surface area (Å²) in [5.41, 5.74) is 5.59. The van der Waals surface area contributed by atoms with Crippen LogP contribution in [0.25, 0.3) is 0 Å². The molecule has 0 amide bonds. The first kappa shape index (κ1) is 9.42. The number of nitrogens with zero attached hydrogens (tertiary/aromatic N) is 3. The normalized spacial score (nSPS) is 9.31.